The third-order valence-corrected chi connectivity index (χ3v) is 3.94. The number of para-hydroxylation sites is 1. The monoisotopic (exact) mass is 375 g/mol. The van der Waals surface area contributed by atoms with Gasteiger partial charge in [0, 0.05) is 18.0 Å². The molecule has 0 bridgehead atoms. The van der Waals surface area contributed by atoms with E-state index < -0.39 is 0 Å². The van der Waals surface area contributed by atoms with Crippen molar-refractivity contribution in [3.63, 3.8) is 0 Å². The number of rotatable bonds is 4. The third kappa shape index (κ3) is 3.58. The summed E-state index contributed by atoms with van der Waals surface area (Å²) in [5.41, 5.74) is 1.61. The molecule has 1 aromatic carbocycles. The Morgan fingerprint density at radius 1 is 1.00 bits per heavy atom. The van der Waals surface area contributed by atoms with Gasteiger partial charge in [-0.15, -0.1) is 0 Å². The van der Waals surface area contributed by atoms with Crippen LogP contribution in [-0.4, -0.2) is 37.6 Å². The summed E-state index contributed by atoms with van der Waals surface area (Å²) < 4.78 is 0. The van der Waals surface area contributed by atoms with Crippen molar-refractivity contribution < 1.29 is 9.90 Å². The molecule has 4 aromatic rings. The second-order valence-corrected chi connectivity index (χ2v) is 5.95. The average Bonchev–Trinajstić information content (AvgIpc) is 2.68. The van der Waals surface area contributed by atoms with Crippen LogP contribution in [0.2, 0.25) is 0 Å². The van der Waals surface area contributed by atoms with Gasteiger partial charge in [-0.2, -0.15) is 0 Å². The summed E-state index contributed by atoms with van der Waals surface area (Å²) in [7, 11) is 0. The van der Waals surface area contributed by atoms with Crippen LogP contribution >= 0.6 is 0 Å². The van der Waals surface area contributed by atoms with E-state index in [2.05, 4.69) is 35.9 Å². The highest BCUT2D eigenvalue weighted by molar-refractivity contribution is 5.89. The van der Waals surface area contributed by atoms with E-state index in [0.29, 0.717) is 46.1 Å². The summed E-state index contributed by atoms with van der Waals surface area (Å²) in [5.74, 6) is 1.33. The number of hydrogen-bond donors (Lipinski definition) is 4. The maximum Gasteiger partial charge on any atom is 0.320 e. The predicted molar refractivity (Wildman–Crippen MR) is 107 cm³/mol. The van der Waals surface area contributed by atoms with E-state index >= 15 is 0 Å². The molecule has 0 unspecified atom stereocenters. The van der Waals surface area contributed by atoms with E-state index in [4.69, 9.17) is 0 Å². The highest BCUT2D eigenvalue weighted by atomic mass is 16.3. The van der Waals surface area contributed by atoms with Crippen LogP contribution in [0.15, 0.2) is 48.7 Å². The maximum absolute atomic E-state index is 11.7. The predicted octanol–water partition coefficient (Wildman–Crippen LogP) is 3.16. The number of benzene rings is 1. The molecule has 9 heteroatoms. The average molecular weight is 375 g/mol. The van der Waals surface area contributed by atoms with E-state index in [1.54, 1.807) is 24.4 Å². The Kier molecular flexibility index (Phi) is 4.55. The van der Waals surface area contributed by atoms with Gasteiger partial charge < -0.3 is 15.7 Å². The van der Waals surface area contributed by atoms with Gasteiger partial charge >= 0.3 is 6.03 Å². The molecule has 3 heterocycles. The SMILES string of the molecule is CCNC(=O)Nc1ccc2ncc(Nc3cc(O)c4ccccc4n3)nc2n1. The molecule has 9 nitrogen and oxygen atoms in total. The normalized spacial score (nSPS) is 10.8. The second-order valence-electron chi connectivity index (χ2n) is 5.95. The lowest BCUT2D eigenvalue weighted by Crippen LogP contribution is -2.28. The molecule has 0 fully saturated rings. The molecule has 0 saturated carbocycles. The van der Waals surface area contributed by atoms with Gasteiger partial charge in [-0.3, -0.25) is 5.32 Å². The highest BCUT2D eigenvalue weighted by Gasteiger charge is 2.08. The van der Waals surface area contributed by atoms with Crippen molar-refractivity contribution in [3.05, 3.63) is 48.7 Å². The van der Waals surface area contributed by atoms with Crippen molar-refractivity contribution in [2.45, 2.75) is 6.92 Å². The molecule has 0 aliphatic carbocycles. The molecule has 0 spiro atoms. The van der Waals surface area contributed by atoms with Crippen LogP contribution in [0.5, 0.6) is 5.75 Å². The topological polar surface area (TPSA) is 125 Å². The van der Waals surface area contributed by atoms with E-state index in [9.17, 15) is 9.90 Å². The number of carbonyl (C=O) groups excluding carboxylic acids is 1. The minimum atomic E-state index is -0.340. The molecule has 4 N–H and O–H groups in total. The molecule has 4 rings (SSSR count). The number of nitrogens with one attached hydrogen (secondary N) is 3. The largest absolute Gasteiger partial charge is 0.507 e. The van der Waals surface area contributed by atoms with Crippen molar-refractivity contribution in [3.8, 4) is 5.75 Å². The van der Waals surface area contributed by atoms with Gasteiger partial charge in [0.15, 0.2) is 11.5 Å². The smallest absolute Gasteiger partial charge is 0.320 e. The number of carbonyl (C=O) groups is 1. The first kappa shape index (κ1) is 17.4. The minimum Gasteiger partial charge on any atom is -0.507 e. The Bertz CT molecular complexity index is 1180. The maximum atomic E-state index is 11.7. The molecule has 0 saturated heterocycles. The number of nitrogens with zero attached hydrogens (tertiary/aromatic N) is 4. The lowest BCUT2D eigenvalue weighted by Gasteiger charge is -2.09. The standard InChI is InChI=1S/C19H17N7O2/c1-2-20-19(28)26-15-8-7-13-18(24-15)25-17(10-21-13)23-16-9-14(27)11-5-3-4-6-12(11)22-16/h3-10H,2H2,1H3,(H4,20,22,23,24,25,26,27,28). The Hall–Kier alpha value is -4.01. The van der Waals surface area contributed by atoms with Crippen LogP contribution in [0.3, 0.4) is 0 Å². The number of amides is 2. The van der Waals surface area contributed by atoms with Gasteiger partial charge in [0.2, 0.25) is 0 Å². The van der Waals surface area contributed by atoms with Gasteiger partial charge in [0.05, 0.1) is 11.7 Å². The fourth-order valence-electron chi connectivity index (χ4n) is 2.70. The number of pyridine rings is 2. The summed E-state index contributed by atoms with van der Waals surface area (Å²) in [6, 6.07) is 11.9. The van der Waals surface area contributed by atoms with Crippen molar-refractivity contribution in [2.75, 3.05) is 17.2 Å². The summed E-state index contributed by atoms with van der Waals surface area (Å²) >= 11 is 0. The molecular weight excluding hydrogens is 358 g/mol. The quantitative estimate of drug-likeness (QED) is 0.432. The van der Waals surface area contributed by atoms with Crippen LogP contribution in [-0.2, 0) is 0 Å². The van der Waals surface area contributed by atoms with E-state index in [1.807, 2.05) is 25.1 Å². The molecule has 0 aliphatic rings. The Balaban J connectivity index is 1.63. The zero-order valence-corrected chi connectivity index (χ0v) is 15.0. The van der Waals surface area contributed by atoms with Crippen LogP contribution in [0.1, 0.15) is 6.92 Å². The van der Waals surface area contributed by atoms with Gasteiger partial charge in [0.25, 0.3) is 0 Å². The first-order chi connectivity index (χ1) is 13.6. The van der Waals surface area contributed by atoms with Crippen LogP contribution < -0.4 is 16.0 Å². The van der Waals surface area contributed by atoms with Crippen molar-refractivity contribution in [1.29, 1.82) is 0 Å². The Morgan fingerprint density at radius 2 is 1.82 bits per heavy atom. The van der Waals surface area contributed by atoms with Crippen molar-refractivity contribution in [1.82, 2.24) is 25.3 Å². The number of fused-ring (bicyclic) bond motifs is 2. The van der Waals surface area contributed by atoms with Crippen molar-refractivity contribution in [2.24, 2.45) is 0 Å². The van der Waals surface area contributed by atoms with Gasteiger partial charge in [-0.05, 0) is 31.2 Å². The van der Waals surface area contributed by atoms with Crippen LogP contribution in [0.4, 0.5) is 22.2 Å². The second kappa shape index (κ2) is 7.31. The molecule has 2 amide bonds. The highest BCUT2D eigenvalue weighted by Crippen LogP contribution is 2.27. The zero-order chi connectivity index (χ0) is 19.5. The lowest BCUT2D eigenvalue weighted by atomic mass is 10.2. The molecule has 0 aliphatic heterocycles. The summed E-state index contributed by atoms with van der Waals surface area (Å²) in [5, 5.41) is 19.2. The molecule has 3 aromatic heterocycles. The fourth-order valence-corrected chi connectivity index (χ4v) is 2.70. The van der Waals surface area contributed by atoms with Gasteiger partial charge in [-0.1, -0.05) is 12.1 Å². The summed E-state index contributed by atoms with van der Waals surface area (Å²) in [4.78, 5) is 29.2. The van der Waals surface area contributed by atoms with Crippen LogP contribution in [0.25, 0.3) is 22.1 Å². The van der Waals surface area contributed by atoms with Crippen molar-refractivity contribution >= 4 is 45.6 Å². The lowest BCUT2D eigenvalue weighted by molar-refractivity contribution is 0.252. The van der Waals surface area contributed by atoms with E-state index in [1.165, 1.54) is 6.07 Å². The van der Waals surface area contributed by atoms with Gasteiger partial charge in [0.1, 0.15) is 22.9 Å². The zero-order valence-electron chi connectivity index (χ0n) is 15.0. The Labute approximate surface area is 159 Å². The first-order valence-corrected chi connectivity index (χ1v) is 8.67. The van der Waals surface area contributed by atoms with E-state index in [-0.39, 0.29) is 11.8 Å². The number of aromatic hydroxyl groups is 1. The van der Waals surface area contributed by atoms with Gasteiger partial charge in [-0.25, -0.2) is 24.7 Å². The summed E-state index contributed by atoms with van der Waals surface area (Å²) in [6.07, 6.45) is 1.55. The first-order valence-electron chi connectivity index (χ1n) is 8.67. The van der Waals surface area contributed by atoms with E-state index in [0.717, 1.165) is 0 Å². The number of hydrogen-bond acceptors (Lipinski definition) is 7. The number of anilines is 3. The third-order valence-electron chi connectivity index (χ3n) is 3.94. The van der Waals surface area contributed by atoms with Crippen LogP contribution in [0, 0.1) is 0 Å². The molecular formula is C19H17N7O2. The molecule has 0 radical (unpaired) electrons. The number of aromatic nitrogens is 4. The number of urea groups is 1. The molecule has 140 valence electrons. The summed E-state index contributed by atoms with van der Waals surface area (Å²) in [6.45, 7) is 2.34. The molecule has 28 heavy (non-hydrogen) atoms. The minimum absolute atomic E-state index is 0.119. The fraction of sp³-hybridized carbons (Fsp3) is 0.105. The molecule has 0 atom stereocenters. The Morgan fingerprint density at radius 3 is 2.68 bits per heavy atom.